The number of aryl methyl sites for hydroxylation is 1. The molecule has 1 N–H and O–H groups in total. The summed E-state index contributed by atoms with van der Waals surface area (Å²) < 4.78 is 19.0. The van der Waals surface area contributed by atoms with Crippen LogP contribution in [0.25, 0.3) is 0 Å². The summed E-state index contributed by atoms with van der Waals surface area (Å²) in [6.07, 6.45) is 1.30. The number of carbonyl (C=O) groups is 2. The van der Waals surface area contributed by atoms with Gasteiger partial charge in [-0.05, 0) is 60.7 Å². The summed E-state index contributed by atoms with van der Waals surface area (Å²) in [7, 11) is 0. The van der Waals surface area contributed by atoms with E-state index in [1.54, 1.807) is 29.2 Å². The number of hydrogen-bond donors (Lipinski definition) is 1. The van der Waals surface area contributed by atoms with Gasteiger partial charge in [0.05, 0.1) is 0 Å². The van der Waals surface area contributed by atoms with E-state index in [0.29, 0.717) is 24.4 Å². The van der Waals surface area contributed by atoms with Gasteiger partial charge in [-0.15, -0.1) is 0 Å². The molecule has 1 saturated heterocycles. The average molecular weight is 398 g/mol. The Morgan fingerprint density at radius 3 is 2.66 bits per heavy atom. The van der Waals surface area contributed by atoms with E-state index in [1.165, 1.54) is 12.1 Å². The summed E-state index contributed by atoms with van der Waals surface area (Å²) in [5.74, 6) is 0.228. The first-order valence-electron chi connectivity index (χ1n) is 9.93. The van der Waals surface area contributed by atoms with E-state index in [0.717, 1.165) is 17.5 Å². The van der Waals surface area contributed by atoms with Crippen molar-refractivity contribution >= 4 is 17.5 Å². The van der Waals surface area contributed by atoms with Gasteiger partial charge < -0.3 is 15.0 Å². The first kappa shape index (κ1) is 20.8. The fourth-order valence-electron chi connectivity index (χ4n) is 3.63. The van der Waals surface area contributed by atoms with Gasteiger partial charge in [0.25, 0.3) is 0 Å². The van der Waals surface area contributed by atoms with Gasteiger partial charge in [-0.2, -0.15) is 0 Å². The first-order valence-corrected chi connectivity index (χ1v) is 9.93. The number of rotatable bonds is 7. The molecule has 2 amide bonds. The van der Waals surface area contributed by atoms with Crippen LogP contribution in [0.5, 0.6) is 5.75 Å². The largest absolute Gasteiger partial charge is 0.489 e. The zero-order valence-electron chi connectivity index (χ0n) is 17.1. The number of benzene rings is 2. The van der Waals surface area contributed by atoms with Gasteiger partial charge in [0.2, 0.25) is 11.8 Å². The molecule has 1 heterocycles. The lowest BCUT2D eigenvalue weighted by Gasteiger charge is -2.30. The Kier molecular flexibility index (Phi) is 6.52. The molecule has 0 aromatic heterocycles. The van der Waals surface area contributed by atoms with Crippen LogP contribution in [0, 0.1) is 18.7 Å². The molecule has 5 nitrogen and oxygen atoms in total. The summed E-state index contributed by atoms with van der Waals surface area (Å²) in [5, 5.41) is 2.96. The molecule has 0 saturated carbocycles. The van der Waals surface area contributed by atoms with Crippen LogP contribution in [0.15, 0.2) is 42.5 Å². The quantitative estimate of drug-likeness (QED) is 0.757. The van der Waals surface area contributed by atoms with Crippen molar-refractivity contribution in [3.8, 4) is 5.75 Å². The SMILES string of the molecule is Cc1cc(OCc2cccc(F)c2)ccc1NC(=O)C(C(C)C)N1CCCC1=O. The summed E-state index contributed by atoms with van der Waals surface area (Å²) in [4.78, 5) is 26.7. The Balaban J connectivity index is 1.66. The molecule has 0 bridgehead atoms. The second kappa shape index (κ2) is 9.07. The Bertz CT molecular complexity index is 897. The van der Waals surface area contributed by atoms with Gasteiger partial charge in [0.15, 0.2) is 0 Å². The molecule has 154 valence electrons. The lowest BCUT2D eigenvalue weighted by Crippen LogP contribution is -2.48. The molecule has 1 unspecified atom stereocenters. The number of anilines is 1. The van der Waals surface area contributed by atoms with Crippen LogP contribution in [0.2, 0.25) is 0 Å². The van der Waals surface area contributed by atoms with E-state index in [1.807, 2.05) is 26.8 Å². The van der Waals surface area contributed by atoms with Crippen LogP contribution < -0.4 is 10.1 Å². The van der Waals surface area contributed by atoms with E-state index in [4.69, 9.17) is 4.74 Å². The third-order valence-electron chi connectivity index (χ3n) is 5.10. The van der Waals surface area contributed by atoms with Gasteiger partial charge in [-0.25, -0.2) is 4.39 Å². The molecule has 0 spiro atoms. The minimum Gasteiger partial charge on any atom is -0.489 e. The number of nitrogens with zero attached hydrogens (tertiary/aromatic N) is 1. The molecule has 2 aromatic rings. The summed E-state index contributed by atoms with van der Waals surface area (Å²) in [6, 6.07) is 11.2. The normalized spacial score (nSPS) is 14.9. The molecule has 1 aliphatic heterocycles. The van der Waals surface area contributed by atoms with Crippen molar-refractivity contribution in [3.63, 3.8) is 0 Å². The third kappa shape index (κ3) is 5.13. The zero-order chi connectivity index (χ0) is 21.0. The number of amides is 2. The standard InChI is InChI=1S/C23H27FN2O3/c1-15(2)22(26-11-5-8-21(26)27)23(28)25-20-10-9-19(12-16(20)3)29-14-17-6-4-7-18(24)13-17/h4,6-7,9-10,12-13,15,22H,5,8,11,14H2,1-3H3,(H,25,28). The number of likely N-dealkylation sites (tertiary alicyclic amines) is 1. The zero-order valence-corrected chi connectivity index (χ0v) is 17.1. The van der Waals surface area contributed by atoms with E-state index in [-0.39, 0.29) is 30.2 Å². The molecule has 3 rings (SSSR count). The van der Waals surface area contributed by atoms with E-state index in [9.17, 15) is 14.0 Å². The van der Waals surface area contributed by atoms with Crippen molar-refractivity contribution < 1.29 is 18.7 Å². The topological polar surface area (TPSA) is 58.6 Å². The molecule has 1 fully saturated rings. The van der Waals surface area contributed by atoms with Gasteiger partial charge in [-0.1, -0.05) is 26.0 Å². The second-order valence-electron chi connectivity index (χ2n) is 7.76. The minimum absolute atomic E-state index is 0.0197. The molecule has 1 atom stereocenters. The molecule has 1 aliphatic rings. The van der Waals surface area contributed by atoms with Crippen LogP contribution in [-0.4, -0.2) is 29.3 Å². The Labute approximate surface area is 170 Å². The van der Waals surface area contributed by atoms with Crippen LogP contribution in [0.1, 0.15) is 37.8 Å². The second-order valence-corrected chi connectivity index (χ2v) is 7.76. The smallest absolute Gasteiger partial charge is 0.247 e. The van der Waals surface area contributed by atoms with Gasteiger partial charge in [0, 0.05) is 18.7 Å². The van der Waals surface area contributed by atoms with Crippen molar-refractivity contribution in [2.24, 2.45) is 5.92 Å². The minimum atomic E-state index is -0.478. The maximum Gasteiger partial charge on any atom is 0.247 e. The van der Waals surface area contributed by atoms with Gasteiger partial charge in [0.1, 0.15) is 24.2 Å². The highest BCUT2D eigenvalue weighted by molar-refractivity contribution is 5.98. The lowest BCUT2D eigenvalue weighted by molar-refractivity contribution is -0.136. The molecule has 6 heteroatoms. The van der Waals surface area contributed by atoms with Crippen molar-refractivity contribution in [3.05, 3.63) is 59.4 Å². The lowest BCUT2D eigenvalue weighted by atomic mass is 10.0. The Morgan fingerprint density at radius 1 is 1.24 bits per heavy atom. The fourth-order valence-corrected chi connectivity index (χ4v) is 3.63. The summed E-state index contributed by atoms with van der Waals surface area (Å²) in [5.41, 5.74) is 2.28. The maximum atomic E-state index is 13.3. The number of nitrogens with one attached hydrogen (secondary N) is 1. The van der Waals surface area contributed by atoms with Crippen molar-refractivity contribution in [1.82, 2.24) is 4.90 Å². The predicted octanol–water partition coefficient (Wildman–Crippen LogP) is 4.30. The first-order chi connectivity index (χ1) is 13.8. The van der Waals surface area contributed by atoms with E-state index < -0.39 is 6.04 Å². The highest BCUT2D eigenvalue weighted by Crippen LogP contribution is 2.25. The molecule has 0 radical (unpaired) electrons. The summed E-state index contributed by atoms with van der Waals surface area (Å²) in [6.45, 7) is 6.67. The highest BCUT2D eigenvalue weighted by Gasteiger charge is 2.35. The summed E-state index contributed by atoms with van der Waals surface area (Å²) >= 11 is 0. The molecule has 2 aromatic carbocycles. The fraction of sp³-hybridized carbons (Fsp3) is 0.391. The predicted molar refractivity (Wildman–Crippen MR) is 110 cm³/mol. The van der Waals surface area contributed by atoms with Crippen LogP contribution in [-0.2, 0) is 16.2 Å². The van der Waals surface area contributed by atoms with Crippen molar-refractivity contribution in [1.29, 1.82) is 0 Å². The van der Waals surface area contributed by atoms with Crippen LogP contribution in [0.4, 0.5) is 10.1 Å². The molecule has 0 aliphatic carbocycles. The van der Waals surface area contributed by atoms with Crippen LogP contribution >= 0.6 is 0 Å². The number of ether oxygens (including phenoxy) is 1. The Morgan fingerprint density at radius 2 is 2.03 bits per heavy atom. The monoisotopic (exact) mass is 398 g/mol. The molecular formula is C23H27FN2O3. The Hall–Kier alpha value is -2.89. The van der Waals surface area contributed by atoms with E-state index >= 15 is 0 Å². The molecule has 29 heavy (non-hydrogen) atoms. The van der Waals surface area contributed by atoms with Crippen molar-refractivity contribution in [2.45, 2.75) is 46.3 Å². The third-order valence-corrected chi connectivity index (χ3v) is 5.10. The highest BCUT2D eigenvalue weighted by atomic mass is 19.1. The van der Waals surface area contributed by atoms with Gasteiger partial charge in [-0.3, -0.25) is 9.59 Å². The number of carbonyl (C=O) groups excluding carboxylic acids is 2. The van der Waals surface area contributed by atoms with E-state index in [2.05, 4.69) is 5.32 Å². The van der Waals surface area contributed by atoms with Gasteiger partial charge >= 0.3 is 0 Å². The van der Waals surface area contributed by atoms with Crippen LogP contribution in [0.3, 0.4) is 0 Å². The average Bonchev–Trinajstić information content (AvgIpc) is 3.07. The van der Waals surface area contributed by atoms with Crippen molar-refractivity contribution in [2.75, 3.05) is 11.9 Å². The number of hydrogen-bond acceptors (Lipinski definition) is 3. The molecular weight excluding hydrogens is 371 g/mol. The maximum absolute atomic E-state index is 13.3. The number of halogens is 1.